The highest BCUT2D eigenvalue weighted by atomic mass is 79.9. The quantitative estimate of drug-likeness (QED) is 0.151. The van der Waals surface area contributed by atoms with E-state index in [9.17, 15) is 9.59 Å². The summed E-state index contributed by atoms with van der Waals surface area (Å²) in [4.78, 5) is 32.8. The number of benzene rings is 3. The first kappa shape index (κ1) is 35.2. The molecule has 8 nitrogen and oxygen atoms in total. The number of thiazole rings is 1. The van der Waals surface area contributed by atoms with Gasteiger partial charge in [-0.2, -0.15) is 0 Å². The van der Waals surface area contributed by atoms with Crippen LogP contribution >= 0.6 is 66.4 Å². The smallest absolute Gasteiger partial charge is 0.338 e. The van der Waals surface area contributed by atoms with Crippen molar-refractivity contribution in [2.45, 2.75) is 46.4 Å². The van der Waals surface area contributed by atoms with Crippen molar-refractivity contribution in [3.63, 3.8) is 0 Å². The SMILES string of the molecule is CCOC(=O)C1=C(C)N=c2s/c(=C/c3cc(Br)cc(Br)c3OCc3ccc(Cl)cc3Cl)c(=O)n2[C@H]1c1ccc(OC(C)C)c(OC)c1. The number of hydrogen-bond acceptors (Lipinski definition) is 8. The molecular formula is C34H30Br2Cl2N2O6S. The minimum absolute atomic E-state index is 0.0836. The van der Waals surface area contributed by atoms with E-state index >= 15 is 0 Å². The molecule has 0 saturated heterocycles. The lowest BCUT2D eigenvalue weighted by Gasteiger charge is -2.25. The number of carbonyl (C=O) groups excluding carboxylic acids is 1. The molecule has 1 aromatic heterocycles. The van der Waals surface area contributed by atoms with E-state index < -0.39 is 12.0 Å². The van der Waals surface area contributed by atoms with Gasteiger partial charge in [0.15, 0.2) is 16.3 Å². The average molecular weight is 825 g/mol. The van der Waals surface area contributed by atoms with Crippen LogP contribution in [-0.4, -0.2) is 30.4 Å². The molecular weight excluding hydrogens is 795 g/mol. The Labute approximate surface area is 302 Å². The number of esters is 1. The Bertz CT molecular complexity index is 2080. The van der Waals surface area contributed by atoms with Crippen LogP contribution in [0.3, 0.4) is 0 Å². The maximum absolute atomic E-state index is 14.3. The van der Waals surface area contributed by atoms with Crippen LogP contribution in [0, 0.1) is 0 Å². The number of aromatic nitrogens is 1. The third-order valence-electron chi connectivity index (χ3n) is 7.09. The molecule has 0 fully saturated rings. The number of methoxy groups -OCH3 is 1. The van der Waals surface area contributed by atoms with E-state index in [1.165, 1.54) is 15.9 Å². The second-order valence-electron chi connectivity index (χ2n) is 10.7. The summed E-state index contributed by atoms with van der Waals surface area (Å²) >= 11 is 20.8. The van der Waals surface area contributed by atoms with Crippen molar-refractivity contribution in [1.82, 2.24) is 4.57 Å². The molecule has 5 rings (SSSR count). The van der Waals surface area contributed by atoms with Crippen LogP contribution in [0.1, 0.15) is 50.4 Å². The predicted octanol–water partition coefficient (Wildman–Crippen LogP) is 8.00. The predicted molar refractivity (Wildman–Crippen MR) is 192 cm³/mol. The number of ether oxygens (including phenoxy) is 4. The monoisotopic (exact) mass is 822 g/mol. The van der Waals surface area contributed by atoms with E-state index in [1.807, 2.05) is 32.0 Å². The second kappa shape index (κ2) is 15.0. The van der Waals surface area contributed by atoms with Crippen molar-refractivity contribution in [3.05, 3.63) is 115 Å². The van der Waals surface area contributed by atoms with E-state index in [-0.39, 0.29) is 30.5 Å². The van der Waals surface area contributed by atoms with Gasteiger partial charge in [-0.25, -0.2) is 9.79 Å². The third kappa shape index (κ3) is 7.65. The summed E-state index contributed by atoms with van der Waals surface area (Å²) in [5, 5.41) is 1.01. The summed E-state index contributed by atoms with van der Waals surface area (Å²) in [7, 11) is 1.54. The Morgan fingerprint density at radius 1 is 1.11 bits per heavy atom. The molecule has 0 aliphatic carbocycles. The zero-order valence-corrected chi connectivity index (χ0v) is 31.5. The molecule has 0 radical (unpaired) electrons. The van der Waals surface area contributed by atoms with Crippen LogP contribution < -0.4 is 29.1 Å². The van der Waals surface area contributed by atoms with Gasteiger partial charge in [0.25, 0.3) is 5.56 Å². The number of allylic oxidation sites excluding steroid dienone is 1. The molecule has 0 saturated carbocycles. The third-order valence-corrected chi connectivity index (χ3v) is 9.71. The molecule has 1 aliphatic heterocycles. The highest BCUT2D eigenvalue weighted by Crippen LogP contribution is 2.37. The van der Waals surface area contributed by atoms with Crippen molar-refractivity contribution in [3.8, 4) is 17.2 Å². The van der Waals surface area contributed by atoms with E-state index in [0.717, 1.165) is 10.0 Å². The average Bonchev–Trinajstić information content (AvgIpc) is 3.30. The number of carbonyl (C=O) groups is 1. The van der Waals surface area contributed by atoms with E-state index in [2.05, 4.69) is 36.9 Å². The Balaban J connectivity index is 1.66. The van der Waals surface area contributed by atoms with Crippen LogP contribution in [0.15, 0.2) is 78.5 Å². The lowest BCUT2D eigenvalue weighted by atomic mass is 9.95. The Kier molecular flexibility index (Phi) is 11.2. The summed E-state index contributed by atoms with van der Waals surface area (Å²) in [5.74, 6) is 0.972. The minimum atomic E-state index is -0.827. The van der Waals surface area contributed by atoms with Gasteiger partial charge in [0.2, 0.25) is 0 Å². The van der Waals surface area contributed by atoms with Gasteiger partial charge < -0.3 is 18.9 Å². The molecule has 0 bridgehead atoms. The number of fused-ring (bicyclic) bond motifs is 1. The Morgan fingerprint density at radius 2 is 1.87 bits per heavy atom. The van der Waals surface area contributed by atoms with E-state index in [4.69, 9.17) is 42.1 Å². The van der Waals surface area contributed by atoms with Crippen molar-refractivity contribution < 1.29 is 23.7 Å². The van der Waals surface area contributed by atoms with Gasteiger partial charge in [-0.1, -0.05) is 62.6 Å². The van der Waals surface area contributed by atoms with E-state index in [1.54, 1.807) is 57.4 Å². The van der Waals surface area contributed by atoms with Crippen LogP contribution in [0.25, 0.3) is 6.08 Å². The largest absolute Gasteiger partial charge is 0.493 e. The number of nitrogens with zero attached hydrogens (tertiary/aromatic N) is 2. The maximum atomic E-state index is 14.3. The van der Waals surface area contributed by atoms with Crippen molar-refractivity contribution >= 4 is 78.4 Å². The number of hydrogen-bond donors (Lipinski definition) is 0. The van der Waals surface area contributed by atoms with Crippen LogP contribution in [0.5, 0.6) is 17.2 Å². The first-order valence-electron chi connectivity index (χ1n) is 14.5. The lowest BCUT2D eigenvalue weighted by Crippen LogP contribution is -2.40. The Hall–Kier alpha value is -3.09. The molecule has 3 aromatic carbocycles. The normalized spacial score (nSPS) is 14.6. The van der Waals surface area contributed by atoms with Crippen LogP contribution in [0.2, 0.25) is 10.0 Å². The molecule has 0 spiro atoms. The van der Waals surface area contributed by atoms with Gasteiger partial charge in [0.05, 0.1) is 46.1 Å². The molecule has 246 valence electrons. The molecule has 13 heteroatoms. The summed E-state index contributed by atoms with van der Waals surface area (Å²) in [6.45, 7) is 7.64. The maximum Gasteiger partial charge on any atom is 0.338 e. The summed E-state index contributed by atoms with van der Waals surface area (Å²) in [5.41, 5.74) is 2.40. The second-order valence-corrected chi connectivity index (χ2v) is 14.3. The molecule has 2 heterocycles. The zero-order valence-electron chi connectivity index (χ0n) is 26.0. The number of rotatable bonds is 10. The molecule has 1 atom stereocenters. The molecule has 0 unspecified atom stereocenters. The molecule has 1 aliphatic rings. The summed E-state index contributed by atoms with van der Waals surface area (Å²) < 4.78 is 26.6. The minimum Gasteiger partial charge on any atom is -0.493 e. The van der Waals surface area contributed by atoms with Crippen LogP contribution in [0.4, 0.5) is 0 Å². The Morgan fingerprint density at radius 3 is 2.55 bits per heavy atom. The van der Waals surface area contributed by atoms with Crippen molar-refractivity contribution in [1.29, 1.82) is 0 Å². The van der Waals surface area contributed by atoms with Crippen molar-refractivity contribution in [2.24, 2.45) is 4.99 Å². The lowest BCUT2D eigenvalue weighted by molar-refractivity contribution is -0.139. The fourth-order valence-electron chi connectivity index (χ4n) is 5.08. The zero-order chi connectivity index (χ0) is 34.0. The summed E-state index contributed by atoms with van der Waals surface area (Å²) in [6, 6.07) is 13.5. The van der Waals surface area contributed by atoms with Gasteiger partial charge in [-0.15, -0.1) is 0 Å². The highest BCUT2D eigenvalue weighted by Gasteiger charge is 2.34. The van der Waals surface area contributed by atoms with Gasteiger partial charge in [-0.3, -0.25) is 9.36 Å². The fourth-order valence-corrected chi connectivity index (χ4v) is 7.96. The van der Waals surface area contributed by atoms with Crippen LogP contribution in [-0.2, 0) is 16.1 Å². The number of halogens is 4. The molecule has 4 aromatic rings. The molecule has 0 N–H and O–H groups in total. The summed E-state index contributed by atoms with van der Waals surface area (Å²) in [6.07, 6.45) is 1.67. The van der Waals surface area contributed by atoms with Gasteiger partial charge >= 0.3 is 5.97 Å². The first-order valence-corrected chi connectivity index (χ1v) is 17.7. The highest BCUT2D eigenvalue weighted by molar-refractivity contribution is 9.11. The van der Waals surface area contributed by atoms with Gasteiger partial charge in [-0.05, 0) is 91.7 Å². The van der Waals surface area contributed by atoms with E-state index in [0.29, 0.717) is 57.9 Å². The van der Waals surface area contributed by atoms with Gasteiger partial charge in [0, 0.05) is 25.6 Å². The first-order chi connectivity index (χ1) is 22.4. The topological polar surface area (TPSA) is 88.4 Å². The van der Waals surface area contributed by atoms with Gasteiger partial charge in [0.1, 0.15) is 12.4 Å². The van der Waals surface area contributed by atoms with Crippen molar-refractivity contribution in [2.75, 3.05) is 13.7 Å². The molecule has 0 amide bonds. The fraction of sp³-hybridized carbons (Fsp3) is 0.265. The molecule has 47 heavy (non-hydrogen) atoms. The standard InChI is InChI=1S/C34H30Br2Cl2N2O6S/c1-6-44-33(42)29-18(4)39-34-40(30(29)19-8-10-26(46-17(2)3)27(12-19)43-5)32(41)28(47-34)13-21-11-22(35)14-24(36)31(21)45-16-20-7-9-23(37)15-25(20)38/h7-15,17,30H,6,16H2,1-5H3/b28-13+/t30-/m0/s1.